The molecule has 0 aliphatic carbocycles. The highest BCUT2D eigenvalue weighted by Gasteiger charge is 2.29. The van der Waals surface area contributed by atoms with Crippen LogP contribution in [-0.4, -0.2) is 27.8 Å². The molecule has 2 heterocycles. The predicted molar refractivity (Wildman–Crippen MR) is 69.4 cm³/mol. The Bertz CT molecular complexity index is 654. The van der Waals surface area contributed by atoms with E-state index in [2.05, 4.69) is 10.1 Å². The molecule has 104 valence electrons. The summed E-state index contributed by atoms with van der Waals surface area (Å²) in [7, 11) is 1.36. The van der Waals surface area contributed by atoms with Crippen molar-refractivity contribution >= 4 is 5.97 Å². The van der Waals surface area contributed by atoms with Crippen LogP contribution in [0.3, 0.4) is 0 Å². The summed E-state index contributed by atoms with van der Waals surface area (Å²) in [6, 6.07) is 5.68. The number of ether oxygens (including phenoxy) is 1. The second-order valence-corrected chi connectivity index (χ2v) is 4.74. The summed E-state index contributed by atoms with van der Waals surface area (Å²) >= 11 is 0. The monoisotopic (exact) mass is 275 g/mol. The van der Waals surface area contributed by atoms with Crippen molar-refractivity contribution in [1.82, 2.24) is 14.8 Å². The molecular formula is C14H14FN3O2. The van der Waals surface area contributed by atoms with Crippen molar-refractivity contribution in [3.63, 3.8) is 0 Å². The van der Waals surface area contributed by atoms with Gasteiger partial charge in [-0.25, -0.2) is 18.9 Å². The van der Waals surface area contributed by atoms with Crippen LogP contribution < -0.4 is 0 Å². The van der Waals surface area contributed by atoms with Crippen LogP contribution in [0.1, 0.15) is 24.7 Å². The van der Waals surface area contributed by atoms with Gasteiger partial charge in [0, 0.05) is 12.0 Å². The van der Waals surface area contributed by atoms with Crippen LogP contribution in [-0.2, 0) is 16.0 Å². The van der Waals surface area contributed by atoms with Gasteiger partial charge in [-0.15, -0.1) is 5.10 Å². The van der Waals surface area contributed by atoms with E-state index in [9.17, 15) is 9.18 Å². The molecule has 6 heteroatoms. The Balaban J connectivity index is 2.01. The predicted octanol–water partition coefficient (Wildman–Crippen LogP) is 2.13. The van der Waals surface area contributed by atoms with Gasteiger partial charge in [0.2, 0.25) is 0 Å². The van der Waals surface area contributed by atoms with Gasteiger partial charge in [0.25, 0.3) is 0 Å². The highest BCUT2D eigenvalue weighted by molar-refractivity contribution is 5.74. The van der Waals surface area contributed by atoms with Crippen LogP contribution in [0.4, 0.5) is 4.39 Å². The lowest BCUT2D eigenvalue weighted by Crippen LogP contribution is -2.27. The summed E-state index contributed by atoms with van der Waals surface area (Å²) in [4.78, 5) is 16.2. The minimum absolute atomic E-state index is 0.318. The van der Waals surface area contributed by atoms with Crippen molar-refractivity contribution in [3.05, 3.63) is 35.9 Å². The molecule has 1 atom stereocenters. The molecule has 5 nitrogen and oxygen atoms in total. The number of rotatable bonds is 2. The van der Waals surface area contributed by atoms with Crippen LogP contribution in [0.15, 0.2) is 24.3 Å². The molecule has 1 aromatic carbocycles. The van der Waals surface area contributed by atoms with E-state index in [0.717, 1.165) is 18.7 Å². The fourth-order valence-electron chi connectivity index (χ4n) is 2.46. The third kappa shape index (κ3) is 2.17. The zero-order chi connectivity index (χ0) is 14.1. The second kappa shape index (κ2) is 5.03. The molecule has 0 N–H and O–H groups in total. The normalized spacial score (nSPS) is 17.6. The Labute approximate surface area is 115 Å². The van der Waals surface area contributed by atoms with E-state index in [1.807, 2.05) is 0 Å². The maximum atomic E-state index is 13.3. The number of hydrogen-bond donors (Lipinski definition) is 0. The number of halogens is 1. The molecule has 1 aliphatic heterocycles. The van der Waals surface area contributed by atoms with Crippen molar-refractivity contribution in [2.75, 3.05) is 7.11 Å². The summed E-state index contributed by atoms with van der Waals surface area (Å²) in [5.41, 5.74) is 0.607. The quantitative estimate of drug-likeness (QED) is 0.788. The van der Waals surface area contributed by atoms with Crippen molar-refractivity contribution in [2.45, 2.75) is 25.3 Å². The fraction of sp³-hybridized carbons (Fsp3) is 0.357. The fourth-order valence-corrected chi connectivity index (χ4v) is 2.46. The minimum Gasteiger partial charge on any atom is -0.467 e. The third-order valence-corrected chi connectivity index (χ3v) is 3.43. The van der Waals surface area contributed by atoms with Gasteiger partial charge in [0.1, 0.15) is 11.6 Å². The minimum atomic E-state index is -0.432. The molecule has 0 saturated heterocycles. The van der Waals surface area contributed by atoms with Gasteiger partial charge in [0.15, 0.2) is 11.9 Å². The molecule has 3 rings (SSSR count). The zero-order valence-electron chi connectivity index (χ0n) is 11.0. The van der Waals surface area contributed by atoms with E-state index >= 15 is 0 Å². The molecule has 0 saturated carbocycles. The summed E-state index contributed by atoms with van der Waals surface area (Å²) in [5, 5.41) is 4.35. The maximum Gasteiger partial charge on any atom is 0.330 e. The Morgan fingerprint density at radius 3 is 3.10 bits per heavy atom. The average molecular weight is 275 g/mol. The molecule has 0 bridgehead atoms. The second-order valence-electron chi connectivity index (χ2n) is 4.74. The van der Waals surface area contributed by atoms with Crippen LogP contribution in [0.2, 0.25) is 0 Å². The number of nitrogens with zero attached hydrogens (tertiary/aromatic N) is 3. The number of carbonyl (C=O) groups excluding carboxylic acids is 1. The summed E-state index contributed by atoms with van der Waals surface area (Å²) in [6.07, 6.45) is 2.31. The molecule has 20 heavy (non-hydrogen) atoms. The lowest BCUT2D eigenvalue weighted by atomic mass is 10.1. The van der Waals surface area contributed by atoms with E-state index in [-0.39, 0.29) is 11.8 Å². The Morgan fingerprint density at radius 2 is 2.35 bits per heavy atom. The number of fused-ring (bicyclic) bond motifs is 1. The number of aromatic nitrogens is 3. The van der Waals surface area contributed by atoms with E-state index in [1.165, 1.54) is 19.2 Å². The van der Waals surface area contributed by atoms with Gasteiger partial charge in [-0.3, -0.25) is 0 Å². The van der Waals surface area contributed by atoms with Crippen molar-refractivity contribution < 1.29 is 13.9 Å². The van der Waals surface area contributed by atoms with Gasteiger partial charge in [-0.05, 0) is 25.0 Å². The van der Waals surface area contributed by atoms with E-state index in [4.69, 9.17) is 4.74 Å². The average Bonchev–Trinajstić information content (AvgIpc) is 2.90. The van der Waals surface area contributed by atoms with Crippen molar-refractivity contribution in [1.29, 1.82) is 0 Å². The summed E-state index contributed by atoms with van der Waals surface area (Å²) in [6.45, 7) is 0. The molecule has 1 aromatic heterocycles. The number of carbonyl (C=O) groups is 1. The highest BCUT2D eigenvalue weighted by atomic mass is 19.1. The first-order valence-electron chi connectivity index (χ1n) is 6.48. The summed E-state index contributed by atoms with van der Waals surface area (Å²) in [5.74, 6) is 0.530. The molecule has 0 fully saturated rings. The van der Waals surface area contributed by atoms with Crippen molar-refractivity contribution in [2.24, 2.45) is 0 Å². The number of benzene rings is 1. The van der Waals surface area contributed by atoms with E-state index < -0.39 is 6.04 Å². The van der Waals surface area contributed by atoms with Gasteiger partial charge < -0.3 is 4.74 Å². The zero-order valence-corrected chi connectivity index (χ0v) is 11.0. The molecule has 1 unspecified atom stereocenters. The number of esters is 1. The number of methoxy groups -OCH3 is 1. The van der Waals surface area contributed by atoms with Crippen LogP contribution >= 0.6 is 0 Å². The highest BCUT2D eigenvalue weighted by Crippen LogP contribution is 2.27. The standard InChI is InChI=1S/C14H14FN3O2/c1-20-14(19)11-6-3-7-12-16-13(17-18(11)12)9-4-2-5-10(15)8-9/h2,4-5,8,11H,3,6-7H2,1H3. The van der Waals surface area contributed by atoms with Crippen LogP contribution in [0.5, 0.6) is 0 Å². The van der Waals surface area contributed by atoms with Crippen LogP contribution in [0, 0.1) is 5.82 Å². The van der Waals surface area contributed by atoms with Gasteiger partial charge in [-0.1, -0.05) is 12.1 Å². The Morgan fingerprint density at radius 1 is 1.50 bits per heavy atom. The molecule has 0 spiro atoms. The first-order valence-corrected chi connectivity index (χ1v) is 6.48. The van der Waals surface area contributed by atoms with Crippen LogP contribution in [0.25, 0.3) is 11.4 Å². The summed E-state index contributed by atoms with van der Waals surface area (Å²) < 4.78 is 19.7. The van der Waals surface area contributed by atoms with Crippen molar-refractivity contribution in [3.8, 4) is 11.4 Å². The molecule has 1 aliphatic rings. The van der Waals surface area contributed by atoms with Gasteiger partial charge >= 0.3 is 5.97 Å². The Kier molecular flexibility index (Phi) is 3.22. The number of aryl methyl sites for hydroxylation is 1. The first-order chi connectivity index (χ1) is 9.69. The smallest absolute Gasteiger partial charge is 0.330 e. The molecule has 0 radical (unpaired) electrons. The SMILES string of the molecule is COC(=O)C1CCCc2nc(-c3cccc(F)c3)nn21. The first kappa shape index (κ1) is 12.8. The lowest BCUT2D eigenvalue weighted by molar-refractivity contribution is -0.145. The Hall–Kier alpha value is -2.24. The topological polar surface area (TPSA) is 57.0 Å². The lowest BCUT2D eigenvalue weighted by Gasteiger charge is -2.20. The maximum absolute atomic E-state index is 13.3. The van der Waals surface area contributed by atoms with E-state index in [1.54, 1.807) is 16.8 Å². The molecule has 0 amide bonds. The largest absolute Gasteiger partial charge is 0.467 e. The number of hydrogen-bond acceptors (Lipinski definition) is 4. The third-order valence-electron chi connectivity index (χ3n) is 3.43. The van der Waals surface area contributed by atoms with Gasteiger partial charge in [0.05, 0.1) is 7.11 Å². The van der Waals surface area contributed by atoms with Gasteiger partial charge in [-0.2, -0.15) is 0 Å². The molecule has 2 aromatic rings. The molecular weight excluding hydrogens is 261 g/mol. The van der Waals surface area contributed by atoms with E-state index in [0.29, 0.717) is 17.8 Å².